The number of rotatable bonds is 4. The van der Waals surface area contributed by atoms with Crippen LogP contribution < -0.4 is 10.6 Å². The van der Waals surface area contributed by atoms with Gasteiger partial charge in [-0.2, -0.15) is 0 Å². The molecule has 1 saturated heterocycles. The minimum Gasteiger partial charge on any atom is -0.450 e. The summed E-state index contributed by atoms with van der Waals surface area (Å²) in [6.45, 7) is 5.43. The fourth-order valence-corrected chi connectivity index (χ4v) is 2.64. The van der Waals surface area contributed by atoms with Crippen molar-refractivity contribution in [1.82, 2.24) is 15.5 Å². The molecule has 0 aliphatic carbocycles. The molecule has 25 heavy (non-hydrogen) atoms. The van der Waals surface area contributed by atoms with Crippen molar-refractivity contribution in [2.75, 3.05) is 19.7 Å². The van der Waals surface area contributed by atoms with Crippen molar-refractivity contribution in [3.63, 3.8) is 0 Å². The molecule has 0 unspecified atom stereocenters. The number of nitrogens with zero attached hydrogens (tertiary/aromatic N) is 1. The lowest BCUT2D eigenvalue weighted by atomic mass is 10.1. The van der Waals surface area contributed by atoms with E-state index in [1.807, 2.05) is 31.2 Å². The normalized spacial score (nSPS) is 14.7. The number of hydrogen-bond acceptors (Lipinski definition) is 4. The maximum atomic E-state index is 12.0. The van der Waals surface area contributed by atoms with E-state index < -0.39 is 11.8 Å². The van der Waals surface area contributed by atoms with Crippen molar-refractivity contribution in [3.05, 3.63) is 35.4 Å². The Morgan fingerprint density at radius 3 is 2.36 bits per heavy atom. The van der Waals surface area contributed by atoms with E-state index >= 15 is 0 Å². The standard InChI is InChI=1S/C18H25N3O4/c1-3-25-18(24)21-10-8-15(9-11-21)20-17(23)16(22)19-12-14-6-4-13(2)5-7-14/h4-7,15H,3,8-12H2,1-2H3,(H,19,22)(H,20,23). The molecule has 1 aliphatic heterocycles. The summed E-state index contributed by atoms with van der Waals surface area (Å²) < 4.78 is 4.95. The Labute approximate surface area is 147 Å². The summed E-state index contributed by atoms with van der Waals surface area (Å²) in [5.41, 5.74) is 2.08. The number of aryl methyl sites for hydroxylation is 1. The Morgan fingerprint density at radius 1 is 1.12 bits per heavy atom. The van der Waals surface area contributed by atoms with Crippen molar-refractivity contribution >= 4 is 17.9 Å². The molecule has 0 spiro atoms. The van der Waals surface area contributed by atoms with Crippen molar-refractivity contribution in [2.45, 2.75) is 39.3 Å². The number of piperidine rings is 1. The summed E-state index contributed by atoms with van der Waals surface area (Å²) in [6.07, 6.45) is 0.883. The molecule has 1 aromatic carbocycles. The highest BCUT2D eigenvalue weighted by atomic mass is 16.6. The number of ether oxygens (including phenoxy) is 1. The molecule has 2 N–H and O–H groups in total. The molecule has 1 aliphatic rings. The van der Waals surface area contributed by atoms with Crippen molar-refractivity contribution in [3.8, 4) is 0 Å². The van der Waals surface area contributed by atoms with Gasteiger partial charge in [-0.1, -0.05) is 29.8 Å². The topological polar surface area (TPSA) is 87.7 Å². The third-order valence-corrected chi connectivity index (χ3v) is 4.14. The van der Waals surface area contributed by atoms with E-state index in [9.17, 15) is 14.4 Å². The highest BCUT2D eigenvalue weighted by Gasteiger charge is 2.26. The monoisotopic (exact) mass is 347 g/mol. The minimum absolute atomic E-state index is 0.108. The molecule has 1 fully saturated rings. The molecule has 7 heteroatoms. The zero-order valence-electron chi connectivity index (χ0n) is 14.7. The summed E-state index contributed by atoms with van der Waals surface area (Å²) in [5.74, 6) is -1.28. The molecule has 136 valence electrons. The summed E-state index contributed by atoms with van der Waals surface area (Å²) in [5, 5.41) is 5.34. The average molecular weight is 347 g/mol. The van der Waals surface area contributed by atoms with Gasteiger partial charge >= 0.3 is 17.9 Å². The Bertz CT molecular complexity index is 607. The SMILES string of the molecule is CCOC(=O)N1CCC(NC(=O)C(=O)NCc2ccc(C)cc2)CC1. The smallest absolute Gasteiger partial charge is 0.409 e. The van der Waals surface area contributed by atoms with Crippen LogP contribution in [-0.2, 0) is 20.9 Å². The number of carbonyl (C=O) groups excluding carboxylic acids is 3. The van der Waals surface area contributed by atoms with Crippen LogP contribution in [-0.4, -0.2) is 48.5 Å². The van der Waals surface area contributed by atoms with Gasteiger partial charge in [0.05, 0.1) is 6.61 Å². The first-order valence-corrected chi connectivity index (χ1v) is 8.55. The van der Waals surface area contributed by atoms with Gasteiger partial charge in [0.15, 0.2) is 0 Å². The number of benzene rings is 1. The molecule has 1 heterocycles. The van der Waals surface area contributed by atoms with Crippen molar-refractivity contribution < 1.29 is 19.1 Å². The van der Waals surface area contributed by atoms with E-state index in [-0.39, 0.29) is 12.1 Å². The van der Waals surface area contributed by atoms with Crippen molar-refractivity contribution in [2.24, 2.45) is 0 Å². The first-order chi connectivity index (χ1) is 12.0. The molecule has 3 amide bonds. The highest BCUT2D eigenvalue weighted by molar-refractivity contribution is 6.35. The number of amides is 3. The number of carbonyl (C=O) groups is 3. The maximum absolute atomic E-state index is 12.0. The zero-order chi connectivity index (χ0) is 18.2. The fraction of sp³-hybridized carbons (Fsp3) is 0.500. The van der Waals surface area contributed by atoms with Gasteiger partial charge in [0.1, 0.15) is 0 Å². The van der Waals surface area contributed by atoms with Crippen LogP contribution in [0.5, 0.6) is 0 Å². The largest absolute Gasteiger partial charge is 0.450 e. The van der Waals surface area contributed by atoms with E-state index in [1.54, 1.807) is 11.8 Å². The maximum Gasteiger partial charge on any atom is 0.409 e. The van der Waals surface area contributed by atoms with Crippen LogP contribution in [0, 0.1) is 6.92 Å². The van der Waals surface area contributed by atoms with Gasteiger partial charge in [0, 0.05) is 25.7 Å². The Hall–Kier alpha value is -2.57. The van der Waals surface area contributed by atoms with Gasteiger partial charge in [-0.15, -0.1) is 0 Å². The molecule has 0 atom stereocenters. The van der Waals surface area contributed by atoms with Crippen LogP contribution in [0.15, 0.2) is 24.3 Å². The van der Waals surface area contributed by atoms with E-state index in [4.69, 9.17) is 4.74 Å². The molecular weight excluding hydrogens is 322 g/mol. The molecule has 2 rings (SSSR count). The van der Waals surface area contributed by atoms with Crippen molar-refractivity contribution in [1.29, 1.82) is 0 Å². The summed E-state index contributed by atoms with van der Waals surface area (Å²) in [6, 6.07) is 7.64. The van der Waals surface area contributed by atoms with Gasteiger partial charge < -0.3 is 20.3 Å². The first kappa shape index (κ1) is 18.8. The van der Waals surface area contributed by atoms with Crippen LogP contribution in [0.4, 0.5) is 4.79 Å². The number of nitrogens with one attached hydrogen (secondary N) is 2. The molecule has 0 radical (unpaired) electrons. The van der Waals surface area contributed by atoms with Crippen LogP contribution in [0.3, 0.4) is 0 Å². The van der Waals surface area contributed by atoms with Gasteiger partial charge in [-0.05, 0) is 32.3 Å². The second-order valence-electron chi connectivity index (χ2n) is 6.10. The lowest BCUT2D eigenvalue weighted by Gasteiger charge is -2.31. The summed E-state index contributed by atoms with van der Waals surface area (Å²) in [4.78, 5) is 37.1. The van der Waals surface area contributed by atoms with E-state index in [1.165, 1.54) is 0 Å². The van der Waals surface area contributed by atoms with Crippen LogP contribution in [0.2, 0.25) is 0 Å². The summed E-state index contributed by atoms with van der Waals surface area (Å²) in [7, 11) is 0. The Kier molecular flexibility index (Phi) is 6.80. The summed E-state index contributed by atoms with van der Waals surface area (Å²) >= 11 is 0. The quantitative estimate of drug-likeness (QED) is 0.805. The Balaban J connectivity index is 1.72. The third kappa shape index (κ3) is 5.77. The highest BCUT2D eigenvalue weighted by Crippen LogP contribution is 2.11. The average Bonchev–Trinajstić information content (AvgIpc) is 2.61. The van der Waals surface area contributed by atoms with Gasteiger partial charge in [0.2, 0.25) is 0 Å². The predicted octanol–water partition coefficient (Wildman–Crippen LogP) is 1.35. The van der Waals surface area contributed by atoms with E-state index in [0.717, 1.165) is 11.1 Å². The number of hydrogen-bond donors (Lipinski definition) is 2. The lowest BCUT2D eigenvalue weighted by molar-refractivity contribution is -0.139. The number of likely N-dealkylation sites (tertiary alicyclic amines) is 1. The zero-order valence-corrected chi connectivity index (χ0v) is 14.7. The predicted molar refractivity (Wildman–Crippen MR) is 92.8 cm³/mol. The van der Waals surface area contributed by atoms with Crippen LogP contribution >= 0.6 is 0 Å². The fourth-order valence-electron chi connectivity index (χ4n) is 2.64. The second-order valence-corrected chi connectivity index (χ2v) is 6.10. The molecular formula is C18H25N3O4. The Morgan fingerprint density at radius 2 is 1.76 bits per heavy atom. The van der Waals surface area contributed by atoms with E-state index in [2.05, 4.69) is 10.6 Å². The minimum atomic E-state index is -0.645. The van der Waals surface area contributed by atoms with E-state index in [0.29, 0.717) is 39.1 Å². The molecule has 0 saturated carbocycles. The van der Waals surface area contributed by atoms with Gasteiger partial charge in [0.25, 0.3) is 0 Å². The lowest BCUT2D eigenvalue weighted by Crippen LogP contribution is -2.50. The molecule has 1 aromatic rings. The van der Waals surface area contributed by atoms with Crippen LogP contribution in [0.1, 0.15) is 30.9 Å². The van der Waals surface area contributed by atoms with Gasteiger partial charge in [-0.3, -0.25) is 9.59 Å². The third-order valence-electron chi connectivity index (χ3n) is 4.14. The molecule has 0 aromatic heterocycles. The van der Waals surface area contributed by atoms with Crippen LogP contribution in [0.25, 0.3) is 0 Å². The van der Waals surface area contributed by atoms with Gasteiger partial charge in [-0.25, -0.2) is 4.79 Å². The molecule has 0 bridgehead atoms. The second kappa shape index (κ2) is 9.05. The first-order valence-electron chi connectivity index (χ1n) is 8.55. The molecule has 7 nitrogen and oxygen atoms in total.